The summed E-state index contributed by atoms with van der Waals surface area (Å²) in [5, 5.41) is 14.2. The Morgan fingerprint density at radius 2 is 2.14 bits per heavy atom. The molecular weight excluding hydrogens is 268 g/mol. The van der Waals surface area contributed by atoms with Crippen LogP contribution >= 0.6 is 0 Å². The van der Waals surface area contributed by atoms with E-state index in [1.807, 2.05) is 6.07 Å². The Bertz CT molecular complexity index is 632. The van der Waals surface area contributed by atoms with E-state index in [0.717, 1.165) is 36.6 Å². The number of aromatic amines is 1. The summed E-state index contributed by atoms with van der Waals surface area (Å²) in [5.74, 6) is 1.62. The first-order valence-corrected chi connectivity index (χ1v) is 7.22. The minimum atomic E-state index is -0.379. The smallest absolute Gasteiger partial charge is 0.270 e. The van der Waals surface area contributed by atoms with Gasteiger partial charge in [0.05, 0.1) is 16.8 Å². The summed E-state index contributed by atoms with van der Waals surface area (Å²) in [5.41, 5.74) is 1.73. The highest BCUT2D eigenvalue weighted by Crippen LogP contribution is 2.23. The number of benzene rings is 1. The summed E-state index contributed by atoms with van der Waals surface area (Å²) in [6.07, 6.45) is 5.05. The van der Waals surface area contributed by atoms with Crippen molar-refractivity contribution in [2.45, 2.75) is 19.3 Å². The lowest BCUT2D eigenvalue weighted by atomic mass is 9.94. The Morgan fingerprint density at radius 3 is 2.90 bits per heavy atom. The van der Waals surface area contributed by atoms with E-state index in [1.54, 1.807) is 18.3 Å². The van der Waals surface area contributed by atoms with Crippen molar-refractivity contribution in [3.63, 3.8) is 0 Å². The number of aromatic nitrogens is 2. The normalized spacial score (nSPS) is 16.0. The van der Waals surface area contributed by atoms with Gasteiger partial charge in [-0.2, -0.15) is 0 Å². The van der Waals surface area contributed by atoms with Crippen molar-refractivity contribution in [3.8, 4) is 11.3 Å². The van der Waals surface area contributed by atoms with Gasteiger partial charge in [0.25, 0.3) is 5.69 Å². The monoisotopic (exact) mass is 286 g/mol. The van der Waals surface area contributed by atoms with Gasteiger partial charge in [-0.1, -0.05) is 12.1 Å². The molecule has 0 saturated carbocycles. The molecule has 0 aliphatic carbocycles. The number of imidazole rings is 1. The van der Waals surface area contributed by atoms with Crippen molar-refractivity contribution < 1.29 is 4.92 Å². The zero-order valence-corrected chi connectivity index (χ0v) is 11.7. The fourth-order valence-corrected chi connectivity index (χ4v) is 2.76. The largest absolute Gasteiger partial charge is 0.342 e. The molecule has 0 bridgehead atoms. The zero-order chi connectivity index (χ0) is 14.7. The number of H-pyrrole nitrogens is 1. The fraction of sp³-hybridized carbons (Fsp3) is 0.400. The van der Waals surface area contributed by atoms with Gasteiger partial charge < -0.3 is 10.3 Å². The number of non-ortho nitro benzene ring substituents is 1. The second-order valence-electron chi connectivity index (χ2n) is 5.45. The predicted octanol–water partition coefficient (Wildman–Crippen LogP) is 2.53. The maximum Gasteiger partial charge on any atom is 0.270 e. The van der Waals surface area contributed by atoms with Gasteiger partial charge in [-0.05, 0) is 31.8 Å². The van der Waals surface area contributed by atoms with Crippen LogP contribution in [0.25, 0.3) is 11.3 Å². The third kappa shape index (κ3) is 3.28. The second-order valence-corrected chi connectivity index (χ2v) is 5.45. The lowest BCUT2D eigenvalue weighted by Gasteiger charge is -2.21. The van der Waals surface area contributed by atoms with Crippen LogP contribution in [0.2, 0.25) is 0 Å². The van der Waals surface area contributed by atoms with Crippen molar-refractivity contribution in [1.82, 2.24) is 15.3 Å². The van der Waals surface area contributed by atoms with Crippen LogP contribution in [0.3, 0.4) is 0 Å². The molecule has 0 radical (unpaired) electrons. The number of nitrogens with zero attached hydrogens (tertiary/aromatic N) is 2. The minimum Gasteiger partial charge on any atom is -0.342 e. The molecule has 0 unspecified atom stereocenters. The molecule has 21 heavy (non-hydrogen) atoms. The van der Waals surface area contributed by atoms with Gasteiger partial charge in [0, 0.05) is 24.1 Å². The van der Waals surface area contributed by atoms with Crippen LogP contribution in [-0.2, 0) is 6.42 Å². The van der Waals surface area contributed by atoms with Crippen molar-refractivity contribution >= 4 is 5.69 Å². The number of hydrogen-bond donors (Lipinski definition) is 2. The van der Waals surface area contributed by atoms with Crippen LogP contribution in [0, 0.1) is 16.0 Å². The summed E-state index contributed by atoms with van der Waals surface area (Å²) in [6, 6.07) is 6.62. The summed E-state index contributed by atoms with van der Waals surface area (Å²) < 4.78 is 0. The number of rotatable bonds is 4. The van der Waals surface area contributed by atoms with Gasteiger partial charge in [-0.15, -0.1) is 0 Å². The Labute approximate surface area is 122 Å². The Balaban J connectivity index is 1.75. The lowest BCUT2D eigenvalue weighted by Crippen LogP contribution is -2.28. The van der Waals surface area contributed by atoms with Crippen molar-refractivity contribution in [2.75, 3.05) is 13.1 Å². The summed E-state index contributed by atoms with van der Waals surface area (Å²) >= 11 is 0. The number of hydrogen-bond acceptors (Lipinski definition) is 4. The molecule has 0 atom stereocenters. The first kappa shape index (κ1) is 13.8. The molecule has 1 aliphatic rings. The number of nitro benzene ring substituents is 1. The van der Waals surface area contributed by atoms with Crippen LogP contribution < -0.4 is 5.32 Å². The molecule has 1 aromatic heterocycles. The van der Waals surface area contributed by atoms with Gasteiger partial charge in [0.15, 0.2) is 0 Å². The van der Waals surface area contributed by atoms with Crippen molar-refractivity contribution in [3.05, 3.63) is 46.4 Å². The third-order valence-electron chi connectivity index (χ3n) is 3.94. The van der Waals surface area contributed by atoms with Crippen molar-refractivity contribution in [1.29, 1.82) is 0 Å². The second kappa shape index (κ2) is 6.05. The molecule has 2 aromatic rings. The maximum atomic E-state index is 10.8. The van der Waals surface area contributed by atoms with E-state index in [0.29, 0.717) is 5.92 Å². The highest BCUT2D eigenvalue weighted by Gasteiger charge is 2.16. The molecule has 2 N–H and O–H groups in total. The van der Waals surface area contributed by atoms with Crippen LogP contribution in [0.4, 0.5) is 5.69 Å². The highest BCUT2D eigenvalue weighted by atomic mass is 16.6. The van der Waals surface area contributed by atoms with E-state index in [-0.39, 0.29) is 10.6 Å². The standard InChI is InChI=1S/C15H18N4O2/c20-19(21)13-3-1-2-12(9-13)14-10-17-15(18-14)8-11-4-6-16-7-5-11/h1-3,9-11,16H,4-8H2,(H,17,18). The molecule has 110 valence electrons. The SMILES string of the molecule is O=[N+]([O-])c1cccc(-c2cnc(CC3CCNCC3)[nH]2)c1. The number of piperidine rings is 1. The van der Waals surface area contributed by atoms with E-state index in [2.05, 4.69) is 15.3 Å². The van der Waals surface area contributed by atoms with E-state index in [1.165, 1.54) is 18.9 Å². The number of nitro groups is 1. The van der Waals surface area contributed by atoms with E-state index >= 15 is 0 Å². The average molecular weight is 286 g/mol. The molecule has 0 amide bonds. The molecule has 6 nitrogen and oxygen atoms in total. The van der Waals surface area contributed by atoms with Gasteiger partial charge in [-0.3, -0.25) is 10.1 Å². The molecular formula is C15H18N4O2. The summed E-state index contributed by atoms with van der Waals surface area (Å²) in [4.78, 5) is 18.2. The zero-order valence-electron chi connectivity index (χ0n) is 11.7. The Kier molecular flexibility index (Phi) is 3.96. The van der Waals surface area contributed by atoms with Crippen LogP contribution in [-0.4, -0.2) is 28.0 Å². The summed E-state index contributed by atoms with van der Waals surface area (Å²) in [6.45, 7) is 2.15. The number of nitrogens with one attached hydrogen (secondary N) is 2. The quantitative estimate of drug-likeness (QED) is 0.668. The van der Waals surface area contributed by atoms with E-state index in [9.17, 15) is 10.1 Å². The molecule has 1 saturated heterocycles. The molecule has 3 rings (SSSR count). The lowest BCUT2D eigenvalue weighted by molar-refractivity contribution is -0.384. The van der Waals surface area contributed by atoms with Crippen LogP contribution in [0.15, 0.2) is 30.5 Å². The Hall–Kier alpha value is -2.21. The summed E-state index contributed by atoms with van der Waals surface area (Å²) in [7, 11) is 0. The highest BCUT2D eigenvalue weighted by molar-refractivity contribution is 5.61. The minimum absolute atomic E-state index is 0.0991. The first-order valence-electron chi connectivity index (χ1n) is 7.22. The molecule has 1 aromatic carbocycles. The molecule has 2 heterocycles. The topological polar surface area (TPSA) is 83.8 Å². The fourth-order valence-electron chi connectivity index (χ4n) is 2.76. The van der Waals surface area contributed by atoms with E-state index < -0.39 is 0 Å². The van der Waals surface area contributed by atoms with Gasteiger partial charge >= 0.3 is 0 Å². The van der Waals surface area contributed by atoms with Crippen LogP contribution in [0.1, 0.15) is 18.7 Å². The van der Waals surface area contributed by atoms with Gasteiger partial charge in [0.2, 0.25) is 0 Å². The Morgan fingerprint density at radius 1 is 1.33 bits per heavy atom. The predicted molar refractivity (Wildman–Crippen MR) is 80.0 cm³/mol. The third-order valence-corrected chi connectivity index (χ3v) is 3.94. The maximum absolute atomic E-state index is 10.8. The van der Waals surface area contributed by atoms with Crippen LogP contribution in [0.5, 0.6) is 0 Å². The average Bonchev–Trinajstić information content (AvgIpc) is 2.97. The van der Waals surface area contributed by atoms with Crippen molar-refractivity contribution in [2.24, 2.45) is 5.92 Å². The molecule has 1 aliphatic heterocycles. The molecule has 6 heteroatoms. The molecule has 1 fully saturated rings. The van der Waals surface area contributed by atoms with Gasteiger partial charge in [-0.25, -0.2) is 4.98 Å². The first-order chi connectivity index (χ1) is 10.2. The molecule has 0 spiro atoms. The van der Waals surface area contributed by atoms with Gasteiger partial charge in [0.1, 0.15) is 5.82 Å². The van der Waals surface area contributed by atoms with E-state index in [4.69, 9.17) is 0 Å².